The number of halogens is 1. The zero-order chi connectivity index (χ0) is 22.0. The third-order valence-electron chi connectivity index (χ3n) is 6.04. The van der Waals surface area contributed by atoms with Gasteiger partial charge in [-0.2, -0.15) is 0 Å². The summed E-state index contributed by atoms with van der Waals surface area (Å²) in [4.78, 5) is 28.6. The third kappa shape index (κ3) is 4.21. The topological polar surface area (TPSA) is 49.4 Å². The molecule has 0 radical (unpaired) electrons. The van der Waals surface area contributed by atoms with Gasteiger partial charge in [-0.1, -0.05) is 66.2 Å². The van der Waals surface area contributed by atoms with Gasteiger partial charge in [0.25, 0.3) is 5.91 Å². The summed E-state index contributed by atoms with van der Waals surface area (Å²) in [5, 5.41) is 3.67. The molecule has 4 rings (SSSR count). The molecule has 0 bridgehead atoms. The van der Waals surface area contributed by atoms with Crippen LogP contribution in [0.1, 0.15) is 39.5 Å². The van der Waals surface area contributed by atoms with E-state index in [4.69, 9.17) is 11.6 Å². The average molecular weight is 433 g/mol. The number of aryl methyl sites for hydroxylation is 1. The molecule has 0 aliphatic carbocycles. The van der Waals surface area contributed by atoms with E-state index in [1.165, 1.54) is 0 Å². The second kappa shape index (κ2) is 8.56. The minimum atomic E-state index is -1.02. The average Bonchev–Trinajstić information content (AvgIpc) is 2.76. The number of benzene rings is 3. The molecule has 2 amide bonds. The van der Waals surface area contributed by atoms with Crippen molar-refractivity contribution in [2.45, 2.75) is 38.9 Å². The summed E-state index contributed by atoms with van der Waals surface area (Å²) in [5.41, 5.74) is 3.59. The second-order valence-corrected chi connectivity index (χ2v) is 8.67. The van der Waals surface area contributed by atoms with Crippen molar-refractivity contribution in [1.82, 2.24) is 10.2 Å². The summed E-state index contributed by atoms with van der Waals surface area (Å²) in [6.45, 7) is 4.59. The van der Waals surface area contributed by atoms with Gasteiger partial charge < -0.3 is 10.2 Å². The van der Waals surface area contributed by atoms with Crippen molar-refractivity contribution in [1.29, 1.82) is 0 Å². The summed E-state index contributed by atoms with van der Waals surface area (Å²) in [6.07, 6.45) is 0.453. The fourth-order valence-corrected chi connectivity index (χ4v) is 4.37. The van der Waals surface area contributed by atoms with E-state index in [1.54, 1.807) is 11.0 Å². The SMILES string of the molecule is Cc1ccccc1CNC(=O)C1(C)Cc2ccccc2C(=O)N1Cc1cccc(Cl)c1. The van der Waals surface area contributed by atoms with E-state index in [-0.39, 0.29) is 11.8 Å². The van der Waals surface area contributed by atoms with Crippen LogP contribution in [-0.2, 0) is 24.3 Å². The minimum absolute atomic E-state index is 0.143. The molecule has 1 heterocycles. The summed E-state index contributed by atoms with van der Waals surface area (Å²) in [7, 11) is 0. The van der Waals surface area contributed by atoms with E-state index >= 15 is 0 Å². The van der Waals surface area contributed by atoms with Crippen molar-refractivity contribution in [3.63, 3.8) is 0 Å². The van der Waals surface area contributed by atoms with Crippen LogP contribution in [-0.4, -0.2) is 22.3 Å². The lowest BCUT2D eigenvalue weighted by Gasteiger charge is -2.44. The van der Waals surface area contributed by atoms with Gasteiger partial charge in [-0.25, -0.2) is 0 Å². The monoisotopic (exact) mass is 432 g/mol. The Hall–Kier alpha value is -3.11. The fourth-order valence-electron chi connectivity index (χ4n) is 4.16. The van der Waals surface area contributed by atoms with E-state index in [0.29, 0.717) is 30.1 Å². The summed E-state index contributed by atoms with van der Waals surface area (Å²) >= 11 is 6.16. The maximum Gasteiger partial charge on any atom is 0.255 e. The molecule has 1 aliphatic rings. The van der Waals surface area contributed by atoms with Crippen LogP contribution in [0.4, 0.5) is 0 Å². The number of carbonyl (C=O) groups excluding carboxylic acids is 2. The summed E-state index contributed by atoms with van der Waals surface area (Å²) < 4.78 is 0. The Morgan fingerprint density at radius 2 is 1.81 bits per heavy atom. The van der Waals surface area contributed by atoms with E-state index in [0.717, 1.165) is 22.3 Å². The molecular formula is C26H25ClN2O2. The number of hydrogen-bond donors (Lipinski definition) is 1. The van der Waals surface area contributed by atoms with Crippen LogP contribution in [0.25, 0.3) is 0 Å². The zero-order valence-electron chi connectivity index (χ0n) is 17.7. The number of nitrogens with one attached hydrogen (secondary N) is 1. The Kier molecular flexibility index (Phi) is 5.84. The number of nitrogens with zero attached hydrogens (tertiary/aromatic N) is 1. The second-order valence-electron chi connectivity index (χ2n) is 8.24. The number of fused-ring (bicyclic) bond motifs is 1. The van der Waals surface area contributed by atoms with Crippen molar-refractivity contribution in [3.8, 4) is 0 Å². The van der Waals surface area contributed by atoms with Gasteiger partial charge in [0.05, 0.1) is 0 Å². The highest BCUT2D eigenvalue weighted by Crippen LogP contribution is 2.33. The summed E-state index contributed by atoms with van der Waals surface area (Å²) in [5.74, 6) is -0.309. The molecule has 0 fully saturated rings. The largest absolute Gasteiger partial charge is 0.350 e. The highest BCUT2D eigenvalue weighted by molar-refractivity contribution is 6.30. The number of amides is 2. The summed E-state index contributed by atoms with van der Waals surface area (Å²) in [6, 6.07) is 22.9. The molecule has 31 heavy (non-hydrogen) atoms. The number of rotatable bonds is 5. The van der Waals surface area contributed by atoms with E-state index in [9.17, 15) is 9.59 Å². The molecule has 3 aromatic rings. The first-order valence-electron chi connectivity index (χ1n) is 10.4. The maximum absolute atomic E-state index is 13.5. The predicted molar refractivity (Wildman–Crippen MR) is 123 cm³/mol. The van der Waals surface area contributed by atoms with Crippen LogP contribution in [0.3, 0.4) is 0 Å². The Balaban J connectivity index is 1.66. The van der Waals surface area contributed by atoms with Gasteiger partial charge in [0.15, 0.2) is 0 Å². The molecule has 3 aromatic carbocycles. The smallest absolute Gasteiger partial charge is 0.255 e. The van der Waals surface area contributed by atoms with Crippen LogP contribution >= 0.6 is 11.6 Å². The van der Waals surface area contributed by atoms with Gasteiger partial charge in [0, 0.05) is 30.1 Å². The number of hydrogen-bond acceptors (Lipinski definition) is 2. The molecule has 1 atom stereocenters. The van der Waals surface area contributed by atoms with Gasteiger partial charge in [-0.3, -0.25) is 9.59 Å². The standard InChI is InChI=1S/C26H25ClN2O2/c1-18-8-3-4-11-21(18)16-28-25(31)26(2)15-20-10-5-6-13-23(20)24(30)29(26)17-19-9-7-12-22(27)14-19/h3-14H,15-17H2,1-2H3,(H,28,31). The van der Waals surface area contributed by atoms with Crippen molar-refractivity contribution in [3.05, 3.63) is 106 Å². The third-order valence-corrected chi connectivity index (χ3v) is 6.28. The van der Waals surface area contributed by atoms with Crippen molar-refractivity contribution in [2.24, 2.45) is 0 Å². The molecule has 158 valence electrons. The molecule has 1 aliphatic heterocycles. The Morgan fingerprint density at radius 3 is 2.58 bits per heavy atom. The normalized spacial score (nSPS) is 17.9. The molecule has 4 nitrogen and oxygen atoms in total. The first-order chi connectivity index (χ1) is 14.9. The molecule has 0 spiro atoms. The molecule has 5 heteroatoms. The quantitative estimate of drug-likeness (QED) is 0.622. The van der Waals surface area contributed by atoms with Crippen molar-refractivity contribution < 1.29 is 9.59 Å². The van der Waals surface area contributed by atoms with Crippen LogP contribution in [0, 0.1) is 6.92 Å². The van der Waals surface area contributed by atoms with Gasteiger partial charge in [0.1, 0.15) is 5.54 Å². The van der Waals surface area contributed by atoms with Gasteiger partial charge in [-0.05, 0) is 54.3 Å². The zero-order valence-corrected chi connectivity index (χ0v) is 18.4. The highest BCUT2D eigenvalue weighted by atomic mass is 35.5. The molecule has 0 aromatic heterocycles. The lowest BCUT2D eigenvalue weighted by Crippen LogP contribution is -2.62. The first-order valence-corrected chi connectivity index (χ1v) is 10.7. The lowest BCUT2D eigenvalue weighted by atomic mass is 9.82. The highest BCUT2D eigenvalue weighted by Gasteiger charge is 2.46. The molecule has 0 saturated carbocycles. The van der Waals surface area contributed by atoms with Gasteiger partial charge in [-0.15, -0.1) is 0 Å². The first kappa shape index (κ1) is 21.1. The van der Waals surface area contributed by atoms with Crippen molar-refractivity contribution in [2.75, 3.05) is 0 Å². The van der Waals surface area contributed by atoms with Crippen LogP contribution in [0.2, 0.25) is 5.02 Å². The van der Waals surface area contributed by atoms with Crippen LogP contribution < -0.4 is 5.32 Å². The van der Waals surface area contributed by atoms with E-state index in [1.807, 2.05) is 80.6 Å². The Morgan fingerprint density at radius 1 is 1.06 bits per heavy atom. The van der Waals surface area contributed by atoms with Crippen LogP contribution in [0.15, 0.2) is 72.8 Å². The lowest BCUT2D eigenvalue weighted by molar-refractivity contribution is -0.132. The fraction of sp³-hybridized carbons (Fsp3) is 0.231. The Bertz CT molecular complexity index is 1140. The Labute approximate surface area is 187 Å². The van der Waals surface area contributed by atoms with Gasteiger partial charge >= 0.3 is 0 Å². The minimum Gasteiger partial charge on any atom is -0.350 e. The molecular weight excluding hydrogens is 408 g/mol. The molecule has 1 unspecified atom stereocenters. The van der Waals surface area contributed by atoms with E-state index in [2.05, 4.69) is 5.32 Å². The maximum atomic E-state index is 13.5. The van der Waals surface area contributed by atoms with Crippen molar-refractivity contribution >= 4 is 23.4 Å². The molecule has 0 saturated heterocycles. The van der Waals surface area contributed by atoms with E-state index < -0.39 is 5.54 Å². The molecule has 1 N–H and O–H groups in total. The number of carbonyl (C=O) groups is 2. The van der Waals surface area contributed by atoms with Crippen LogP contribution in [0.5, 0.6) is 0 Å². The predicted octanol–water partition coefficient (Wildman–Crippen LogP) is 4.92. The van der Waals surface area contributed by atoms with Gasteiger partial charge in [0.2, 0.25) is 5.91 Å².